The van der Waals surface area contributed by atoms with Crippen LogP contribution in [0, 0.1) is 5.41 Å². The van der Waals surface area contributed by atoms with Gasteiger partial charge in [0.1, 0.15) is 0 Å². The molecule has 2 fully saturated rings. The van der Waals surface area contributed by atoms with Gasteiger partial charge in [-0.05, 0) is 12.0 Å². The van der Waals surface area contributed by atoms with Gasteiger partial charge in [0.2, 0.25) is 0 Å². The number of rotatable bonds is 4. The summed E-state index contributed by atoms with van der Waals surface area (Å²) in [6, 6.07) is 21.1. The average molecular weight is 502 g/mol. The van der Waals surface area contributed by atoms with Crippen molar-refractivity contribution < 1.29 is 9.90 Å². The number of nitrogens with one attached hydrogen (secondary N) is 1. The van der Waals surface area contributed by atoms with Gasteiger partial charge in [-0.25, -0.2) is 9.78 Å². The number of nitrogens with zero attached hydrogens (tertiary/aromatic N) is 4. The predicted molar refractivity (Wildman–Crippen MR) is 143 cm³/mol. The van der Waals surface area contributed by atoms with Crippen molar-refractivity contribution in [2.45, 2.75) is 38.5 Å². The Morgan fingerprint density at radius 1 is 1.08 bits per heavy atom. The van der Waals surface area contributed by atoms with E-state index in [0.29, 0.717) is 38.3 Å². The lowest BCUT2D eigenvalue weighted by Gasteiger charge is -2.51. The van der Waals surface area contributed by atoms with Crippen LogP contribution in [0.4, 0.5) is 4.79 Å². The van der Waals surface area contributed by atoms with Crippen molar-refractivity contribution in [2.75, 3.05) is 32.7 Å². The van der Waals surface area contributed by atoms with Crippen molar-refractivity contribution >= 4 is 6.03 Å². The van der Waals surface area contributed by atoms with Gasteiger partial charge in [-0.2, -0.15) is 0 Å². The molecule has 8 heteroatoms. The van der Waals surface area contributed by atoms with E-state index in [4.69, 9.17) is 0 Å². The molecule has 2 amide bonds. The lowest BCUT2D eigenvalue weighted by molar-refractivity contribution is -0.122. The summed E-state index contributed by atoms with van der Waals surface area (Å²) in [5.74, 6) is 0. The topological polar surface area (TPSA) is 90.7 Å². The fraction of sp³-hybridized carbons (Fsp3) is 0.414. The molecule has 3 heterocycles. The monoisotopic (exact) mass is 501 g/mol. The van der Waals surface area contributed by atoms with Crippen LogP contribution < -0.4 is 10.9 Å². The highest BCUT2D eigenvalue weighted by molar-refractivity contribution is 5.75. The Morgan fingerprint density at radius 2 is 1.78 bits per heavy atom. The van der Waals surface area contributed by atoms with Gasteiger partial charge in [-0.1, -0.05) is 74.5 Å². The van der Waals surface area contributed by atoms with E-state index in [-0.39, 0.29) is 24.2 Å². The van der Waals surface area contributed by atoms with Gasteiger partial charge in [0.25, 0.3) is 5.56 Å². The van der Waals surface area contributed by atoms with Crippen molar-refractivity contribution in [1.82, 2.24) is 24.7 Å². The molecule has 2 aromatic carbocycles. The SMILES string of the molecule is CC1(C)CN(C(=O)N2CCNCC2c2ccccc2)CCC1(O)Cn1cnc(-c2ccccc2)cc1=O. The minimum Gasteiger partial charge on any atom is -0.387 e. The van der Waals surface area contributed by atoms with Gasteiger partial charge in [0, 0.05) is 49.8 Å². The van der Waals surface area contributed by atoms with Crippen LogP contribution >= 0.6 is 0 Å². The van der Waals surface area contributed by atoms with Crippen LogP contribution in [0.15, 0.2) is 77.9 Å². The smallest absolute Gasteiger partial charge is 0.320 e. The Kier molecular flexibility index (Phi) is 6.88. The average Bonchev–Trinajstić information content (AvgIpc) is 2.92. The first-order valence-electron chi connectivity index (χ1n) is 12.9. The second kappa shape index (κ2) is 10.1. The minimum atomic E-state index is -1.16. The number of urea groups is 1. The maximum atomic E-state index is 13.7. The number of carbonyl (C=O) groups excluding carboxylic acids is 1. The molecular weight excluding hydrogens is 466 g/mol. The molecule has 0 aliphatic carbocycles. The zero-order chi connectivity index (χ0) is 26.0. The first kappa shape index (κ1) is 25.2. The van der Waals surface area contributed by atoms with E-state index in [9.17, 15) is 14.7 Å². The summed E-state index contributed by atoms with van der Waals surface area (Å²) < 4.78 is 1.48. The summed E-state index contributed by atoms with van der Waals surface area (Å²) in [5, 5.41) is 15.2. The third kappa shape index (κ3) is 5.04. The highest BCUT2D eigenvalue weighted by atomic mass is 16.3. The van der Waals surface area contributed by atoms with Gasteiger partial charge in [0.05, 0.1) is 30.2 Å². The second-order valence-electron chi connectivity index (χ2n) is 10.8. The fourth-order valence-corrected chi connectivity index (χ4v) is 5.50. The Balaban J connectivity index is 1.31. The quantitative estimate of drug-likeness (QED) is 0.573. The molecule has 0 spiro atoms. The number of hydrogen-bond acceptors (Lipinski definition) is 5. The number of amides is 2. The molecule has 1 aromatic heterocycles. The number of piperidine rings is 1. The van der Waals surface area contributed by atoms with Crippen molar-refractivity contribution in [2.24, 2.45) is 5.41 Å². The first-order valence-corrected chi connectivity index (χ1v) is 12.9. The Hall–Kier alpha value is -3.49. The van der Waals surface area contributed by atoms with Crippen LogP contribution in [0.2, 0.25) is 0 Å². The summed E-state index contributed by atoms with van der Waals surface area (Å²) in [7, 11) is 0. The van der Waals surface area contributed by atoms with E-state index in [1.165, 1.54) is 17.0 Å². The van der Waals surface area contributed by atoms with Gasteiger partial charge < -0.3 is 20.2 Å². The predicted octanol–water partition coefficient (Wildman–Crippen LogP) is 3.14. The number of aliphatic hydroxyl groups is 1. The first-order chi connectivity index (χ1) is 17.8. The number of hydrogen-bond donors (Lipinski definition) is 2. The summed E-state index contributed by atoms with van der Waals surface area (Å²) >= 11 is 0. The molecule has 2 aliphatic rings. The molecule has 0 saturated carbocycles. The molecule has 3 aromatic rings. The number of benzene rings is 2. The zero-order valence-corrected chi connectivity index (χ0v) is 21.5. The van der Waals surface area contributed by atoms with Gasteiger partial charge in [-0.15, -0.1) is 0 Å². The minimum absolute atomic E-state index is 0.00322. The molecule has 2 aliphatic heterocycles. The van der Waals surface area contributed by atoms with Gasteiger partial charge >= 0.3 is 6.03 Å². The van der Waals surface area contributed by atoms with Crippen LogP contribution in [0.25, 0.3) is 11.3 Å². The molecule has 37 heavy (non-hydrogen) atoms. The zero-order valence-electron chi connectivity index (χ0n) is 21.5. The van der Waals surface area contributed by atoms with Crippen LogP contribution in [0.5, 0.6) is 0 Å². The van der Waals surface area contributed by atoms with Crippen molar-refractivity contribution in [3.63, 3.8) is 0 Å². The van der Waals surface area contributed by atoms with E-state index in [1.807, 2.05) is 72.2 Å². The summed E-state index contributed by atoms with van der Waals surface area (Å²) in [4.78, 5) is 34.9. The van der Waals surface area contributed by atoms with Crippen molar-refractivity contribution in [1.29, 1.82) is 0 Å². The third-order valence-corrected chi connectivity index (χ3v) is 7.97. The Bertz CT molecular complexity index is 1290. The maximum absolute atomic E-state index is 13.7. The number of carbonyl (C=O) groups is 1. The van der Waals surface area contributed by atoms with Gasteiger partial charge in [-0.3, -0.25) is 9.36 Å². The Labute approximate surface area is 217 Å². The van der Waals surface area contributed by atoms with Crippen LogP contribution in [-0.4, -0.2) is 68.8 Å². The molecular formula is C29H35N5O3. The normalized spacial score (nSPS) is 23.6. The molecule has 0 bridgehead atoms. The molecule has 2 unspecified atom stereocenters. The van der Waals surface area contributed by atoms with E-state index in [1.54, 1.807) is 0 Å². The molecule has 5 rings (SSSR count). The molecule has 8 nitrogen and oxygen atoms in total. The standard InChI is InChI=1S/C29H35N5O3/c1-28(2)19-32(27(36)34-16-14-30-18-25(34)23-11-7-4-8-12-23)15-13-29(28,37)20-33-21-31-24(17-26(33)35)22-9-5-3-6-10-22/h3-12,17,21,25,30,37H,13-16,18-20H2,1-2H3. The highest BCUT2D eigenvalue weighted by Gasteiger charge is 2.49. The summed E-state index contributed by atoms with van der Waals surface area (Å²) in [6.07, 6.45) is 1.89. The van der Waals surface area contributed by atoms with Crippen LogP contribution in [-0.2, 0) is 6.54 Å². The lowest BCUT2D eigenvalue weighted by atomic mass is 9.70. The third-order valence-electron chi connectivity index (χ3n) is 7.97. The number of aromatic nitrogens is 2. The Morgan fingerprint density at radius 3 is 2.46 bits per heavy atom. The molecule has 2 saturated heterocycles. The summed E-state index contributed by atoms with van der Waals surface area (Å²) in [6.45, 7) is 6.99. The van der Waals surface area contributed by atoms with E-state index < -0.39 is 11.0 Å². The molecule has 2 atom stereocenters. The highest BCUT2D eigenvalue weighted by Crippen LogP contribution is 2.40. The van der Waals surface area contributed by atoms with Crippen LogP contribution in [0.1, 0.15) is 31.9 Å². The van der Waals surface area contributed by atoms with Crippen molar-refractivity contribution in [3.8, 4) is 11.3 Å². The molecule has 194 valence electrons. The second-order valence-corrected chi connectivity index (χ2v) is 10.8. The fourth-order valence-electron chi connectivity index (χ4n) is 5.50. The van der Waals surface area contributed by atoms with E-state index >= 15 is 0 Å². The molecule has 0 radical (unpaired) electrons. The lowest BCUT2D eigenvalue weighted by Crippen LogP contribution is -2.63. The van der Waals surface area contributed by atoms with Crippen molar-refractivity contribution in [3.05, 3.63) is 89.0 Å². The van der Waals surface area contributed by atoms with Gasteiger partial charge in [0.15, 0.2) is 0 Å². The summed E-state index contributed by atoms with van der Waals surface area (Å²) in [5.41, 5.74) is 0.599. The van der Waals surface area contributed by atoms with E-state index in [2.05, 4.69) is 22.4 Å². The van der Waals surface area contributed by atoms with E-state index in [0.717, 1.165) is 17.7 Å². The molecule has 2 N–H and O–H groups in total. The maximum Gasteiger partial charge on any atom is 0.320 e. The number of likely N-dealkylation sites (tertiary alicyclic amines) is 1. The largest absolute Gasteiger partial charge is 0.387 e. The number of piperazine rings is 1. The van der Waals surface area contributed by atoms with Crippen LogP contribution in [0.3, 0.4) is 0 Å².